The molecule has 4 rings (SSSR count). The molecule has 0 bridgehead atoms. The van der Waals surface area contributed by atoms with E-state index in [1.165, 1.54) is 24.1 Å². The van der Waals surface area contributed by atoms with Crippen LogP contribution in [0.15, 0.2) is 42.5 Å². The minimum atomic E-state index is -0.122. The second-order valence-corrected chi connectivity index (χ2v) is 7.77. The summed E-state index contributed by atoms with van der Waals surface area (Å²) >= 11 is 0. The molecule has 0 saturated carbocycles. The molecule has 2 aliphatic heterocycles. The van der Waals surface area contributed by atoms with Gasteiger partial charge in [-0.2, -0.15) is 0 Å². The van der Waals surface area contributed by atoms with Crippen molar-refractivity contribution in [1.29, 1.82) is 0 Å². The van der Waals surface area contributed by atoms with Crippen LogP contribution < -0.4 is 10.2 Å². The maximum absolute atomic E-state index is 12.7. The normalized spacial score (nSPS) is 16.7. The van der Waals surface area contributed by atoms with E-state index in [0.29, 0.717) is 18.5 Å². The highest BCUT2D eigenvalue weighted by Crippen LogP contribution is 2.27. The van der Waals surface area contributed by atoms with Crippen molar-refractivity contribution >= 4 is 23.2 Å². The van der Waals surface area contributed by atoms with Crippen LogP contribution >= 0.6 is 0 Å². The Balaban J connectivity index is 1.44. The van der Waals surface area contributed by atoms with Crippen LogP contribution in [0.25, 0.3) is 0 Å². The SMILES string of the molecule is Cc1cc(NC(=O)c2cccc(CN3CCCC3=O)c2)ccc1N1CCCC1. The van der Waals surface area contributed by atoms with Gasteiger partial charge in [-0.3, -0.25) is 9.59 Å². The zero-order chi connectivity index (χ0) is 19.5. The van der Waals surface area contributed by atoms with E-state index < -0.39 is 0 Å². The Bertz CT molecular complexity index is 887. The molecule has 2 saturated heterocycles. The highest BCUT2D eigenvalue weighted by Gasteiger charge is 2.20. The first kappa shape index (κ1) is 18.5. The minimum Gasteiger partial charge on any atom is -0.371 e. The molecule has 28 heavy (non-hydrogen) atoms. The van der Waals surface area contributed by atoms with E-state index in [-0.39, 0.29) is 11.8 Å². The quantitative estimate of drug-likeness (QED) is 0.858. The van der Waals surface area contributed by atoms with Crippen LogP contribution in [0.1, 0.15) is 47.2 Å². The average molecular weight is 377 g/mol. The zero-order valence-electron chi connectivity index (χ0n) is 16.4. The number of rotatable bonds is 5. The summed E-state index contributed by atoms with van der Waals surface area (Å²) in [6, 6.07) is 13.7. The van der Waals surface area contributed by atoms with Gasteiger partial charge in [0.25, 0.3) is 5.91 Å². The van der Waals surface area contributed by atoms with Gasteiger partial charge in [0.2, 0.25) is 5.91 Å². The lowest BCUT2D eigenvalue weighted by Gasteiger charge is -2.20. The molecule has 0 radical (unpaired) electrons. The summed E-state index contributed by atoms with van der Waals surface area (Å²) in [5, 5.41) is 3.01. The second kappa shape index (κ2) is 8.05. The van der Waals surface area contributed by atoms with E-state index in [0.717, 1.165) is 37.3 Å². The molecule has 0 atom stereocenters. The first-order valence-electron chi connectivity index (χ1n) is 10.1. The fourth-order valence-electron chi connectivity index (χ4n) is 4.15. The van der Waals surface area contributed by atoms with Crippen molar-refractivity contribution in [2.24, 2.45) is 0 Å². The van der Waals surface area contributed by atoms with Crippen LogP contribution in [0.2, 0.25) is 0 Å². The summed E-state index contributed by atoms with van der Waals surface area (Å²) in [4.78, 5) is 28.8. The molecule has 2 heterocycles. The number of benzene rings is 2. The van der Waals surface area contributed by atoms with Crippen LogP contribution in [0.4, 0.5) is 11.4 Å². The largest absolute Gasteiger partial charge is 0.371 e. The van der Waals surface area contributed by atoms with Gasteiger partial charge in [0, 0.05) is 49.5 Å². The van der Waals surface area contributed by atoms with Gasteiger partial charge in [0.05, 0.1) is 0 Å². The molecule has 2 amide bonds. The number of hydrogen-bond acceptors (Lipinski definition) is 3. The molecule has 0 aliphatic carbocycles. The van der Waals surface area contributed by atoms with E-state index in [1.54, 1.807) is 0 Å². The molecule has 2 aromatic carbocycles. The summed E-state index contributed by atoms with van der Waals surface area (Å²) in [6.45, 7) is 5.69. The van der Waals surface area contributed by atoms with Gasteiger partial charge in [0.1, 0.15) is 0 Å². The standard InChI is InChI=1S/C23H27N3O2/c1-17-14-20(9-10-21(17)25-11-2-3-12-25)24-23(28)19-7-4-6-18(15-19)16-26-13-5-8-22(26)27/h4,6-7,9-10,14-15H,2-3,5,8,11-13,16H2,1H3,(H,24,28). The van der Waals surface area contributed by atoms with Gasteiger partial charge in [-0.25, -0.2) is 0 Å². The van der Waals surface area contributed by atoms with Gasteiger partial charge in [-0.1, -0.05) is 12.1 Å². The van der Waals surface area contributed by atoms with Crippen molar-refractivity contribution in [2.45, 2.75) is 39.2 Å². The van der Waals surface area contributed by atoms with Crippen molar-refractivity contribution in [2.75, 3.05) is 29.9 Å². The molecule has 2 fully saturated rings. The summed E-state index contributed by atoms with van der Waals surface area (Å²) in [7, 11) is 0. The van der Waals surface area contributed by atoms with Gasteiger partial charge < -0.3 is 15.1 Å². The molecular formula is C23H27N3O2. The molecule has 2 aliphatic rings. The lowest BCUT2D eigenvalue weighted by atomic mass is 10.1. The Morgan fingerprint density at radius 2 is 1.86 bits per heavy atom. The van der Waals surface area contributed by atoms with Crippen molar-refractivity contribution in [1.82, 2.24) is 4.90 Å². The van der Waals surface area contributed by atoms with Crippen molar-refractivity contribution in [3.63, 3.8) is 0 Å². The summed E-state index contributed by atoms with van der Waals surface area (Å²) < 4.78 is 0. The molecular weight excluding hydrogens is 350 g/mol. The van der Waals surface area contributed by atoms with E-state index in [4.69, 9.17) is 0 Å². The van der Waals surface area contributed by atoms with E-state index >= 15 is 0 Å². The Morgan fingerprint density at radius 1 is 1.04 bits per heavy atom. The van der Waals surface area contributed by atoms with Gasteiger partial charge in [-0.05, 0) is 67.6 Å². The number of carbonyl (C=O) groups is 2. The Labute approximate surface area is 166 Å². The third kappa shape index (κ3) is 4.03. The number of hydrogen-bond donors (Lipinski definition) is 1. The maximum atomic E-state index is 12.7. The first-order valence-corrected chi connectivity index (χ1v) is 10.1. The van der Waals surface area contributed by atoms with Gasteiger partial charge >= 0.3 is 0 Å². The fourth-order valence-corrected chi connectivity index (χ4v) is 4.15. The molecule has 1 N–H and O–H groups in total. The third-order valence-corrected chi connectivity index (χ3v) is 5.64. The molecule has 0 aromatic heterocycles. The molecule has 0 unspecified atom stereocenters. The fraction of sp³-hybridized carbons (Fsp3) is 0.391. The molecule has 146 valence electrons. The Morgan fingerprint density at radius 3 is 2.57 bits per heavy atom. The van der Waals surface area contributed by atoms with Crippen molar-refractivity contribution in [3.05, 3.63) is 59.2 Å². The lowest BCUT2D eigenvalue weighted by Crippen LogP contribution is -2.24. The average Bonchev–Trinajstić information content (AvgIpc) is 3.35. The summed E-state index contributed by atoms with van der Waals surface area (Å²) in [5.74, 6) is 0.0753. The third-order valence-electron chi connectivity index (χ3n) is 5.64. The maximum Gasteiger partial charge on any atom is 0.255 e. The van der Waals surface area contributed by atoms with E-state index in [1.807, 2.05) is 41.3 Å². The van der Waals surface area contributed by atoms with Crippen LogP contribution in [-0.4, -0.2) is 36.3 Å². The minimum absolute atomic E-state index is 0.122. The number of aryl methyl sites for hydroxylation is 1. The number of amides is 2. The monoisotopic (exact) mass is 377 g/mol. The number of anilines is 2. The molecule has 2 aromatic rings. The van der Waals surface area contributed by atoms with E-state index in [2.05, 4.69) is 23.2 Å². The molecule has 0 spiro atoms. The summed E-state index contributed by atoms with van der Waals surface area (Å²) in [5.41, 5.74) is 4.85. The van der Waals surface area contributed by atoms with Crippen LogP contribution in [0, 0.1) is 6.92 Å². The smallest absolute Gasteiger partial charge is 0.255 e. The number of likely N-dealkylation sites (tertiary alicyclic amines) is 1. The predicted molar refractivity (Wildman–Crippen MR) is 112 cm³/mol. The number of carbonyl (C=O) groups excluding carboxylic acids is 2. The Kier molecular flexibility index (Phi) is 5.33. The molecule has 5 nitrogen and oxygen atoms in total. The lowest BCUT2D eigenvalue weighted by molar-refractivity contribution is -0.128. The van der Waals surface area contributed by atoms with Crippen molar-refractivity contribution in [3.8, 4) is 0 Å². The van der Waals surface area contributed by atoms with Crippen LogP contribution in [0.3, 0.4) is 0 Å². The zero-order valence-corrected chi connectivity index (χ0v) is 16.4. The number of nitrogens with one attached hydrogen (secondary N) is 1. The summed E-state index contributed by atoms with van der Waals surface area (Å²) in [6.07, 6.45) is 4.05. The van der Waals surface area contributed by atoms with Crippen molar-refractivity contribution < 1.29 is 9.59 Å². The van der Waals surface area contributed by atoms with Gasteiger partial charge in [-0.15, -0.1) is 0 Å². The van der Waals surface area contributed by atoms with Crippen LogP contribution in [-0.2, 0) is 11.3 Å². The first-order chi connectivity index (χ1) is 13.6. The highest BCUT2D eigenvalue weighted by atomic mass is 16.2. The van der Waals surface area contributed by atoms with Gasteiger partial charge in [0.15, 0.2) is 0 Å². The second-order valence-electron chi connectivity index (χ2n) is 7.77. The number of nitrogens with zero attached hydrogens (tertiary/aromatic N) is 2. The predicted octanol–water partition coefficient (Wildman–Crippen LogP) is 3.97. The molecule has 5 heteroatoms. The van der Waals surface area contributed by atoms with E-state index in [9.17, 15) is 9.59 Å². The Hall–Kier alpha value is -2.82. The highest BCUT2D eigenvalue weighted by molar-refractivity contribution is 6.04. The topological polar surface area (TPSA) is 52.7 Å². The van der Waals surface area contributed by atoms with Crippen LogP contribution in [0.5, 0.6) is 0 Å².